The molecule has 1 saturated heterocycles. The molecule has 1 N–H and O–H groups in total. The lowest BCUT2D eigenvalue weighted by Crippen LogP contribution is -2.42. The van der Waals surface area contributed by atoms with Gasteiger partial charge in [0.1, 0.15) is 5.75 Å². The topological polar surface area (TPSA) is 98.8 Å². The van der Waals surface area contributed by atoms with Crippen LogP contribution in [0, 0.1) is 6.92 Å². The highest BCUT2D eigenvalue weighted by Gasteiger charge is 2.30. The van der Waals surface area contributed by atoms with Crippen LogP contribution >= 0.6 is 0 Å². The van der Waals surface area contributed by atoms with Crippen molar-refractivity contribution in [2.24, 2.45) is 0 Å². The molecule has 0 unspecified atom stereocenters. The summed E-state index contributed by atoms with van der Waals surface area (Å²) >= 11 is 0. The van der Waals surface area contributed by atoms with Crippen LogP contribution in [0.2, 0.25) is 0 Å². The van der Waals surface area contributed by atoms with Crippen LogP contribution in [-0.4, -0.2) is 50.6 Å². The number of ether oxygens (including phenoxy) is 2. The quantitative estimate of drug-likeness (QED) is 0.538. The van der Waals surface area contributed by atoms with E-state index in [9.17, 15) is 18.0 Å². The highest BCUT2D eigenvalue weighted by molar-refractivity contribution is 7.91. The Labute approximate surface area is 154 Å². The first-order valence-corrected chi connectivity index (χ1v) is 10.5. The number of benzene rings is 1. The lowest BCUT2D eigenvalue weighted by atomic mass is 10.2. The summed E-state index contributed by atoms with van der Waals surface area (Å²) in [5.74, 6) is -0.198. The van der Waals surface area contributed by atoms with E-state index >= 15 is 0 Å². The van der Waals surface area contributed by atoms with Gasteiger partial charge in [-0.2, -0.15) is 0 Å². The molecule has 1 heterocycles. The molecule has 7 nitrogen and oxygen atoms in total. The second kappa shape index (κ2) is 9.02. The average molecular weight is 383 g/mol. The predicted octanol–water partition coefficient (Wildman–Crippen LogP) is 1.39. The zero-order valence-corrected chi connectivity index (χ0v) is 15.9. The summed E-state index contributed by atoms with van der Waals surface area (Å²) in [5.41, 5.74) is 1.09. The van der Waals surface area contributed by atoms with Crippen molar-refractivity contribution in [3.8, 4) is 5.75 Å². The SMILES string of the molecule is Cc1cccc(OCCCC(=O)O[C@H](C)C(=O)N[C@H]2CCS(=O)(=O)C2)c1. The van der Waals surface area contributed by atoms with Crippen LogP contribution in [0.15, 0.2) is 24.3 Å². The van der Waals surface area contributed by atoms with Crippen molar-refractivity contribution in [2.45, 2.75) is 45.3 Å². The van der Waals surface area contributed by atoms with Crippen LogP contribution in [0.3, 0.4) is 0 Å². The molecule has 1 amide bonds. The standard InChI is InChI=1S/C18H25NO6S/c1-13-5-3-6-16(11-13)24-9-4-7-17(20)25-14(2)18(21)19-15-8-10-26(22,23)12-15/h3,5-6,11,14-15H,4,7-10,12H2,1-2H3,(H,19,21)/t14-,15+/m1/s1. The fraction of sp³-hybridized carbons (Fsp3) is 0.556. The van der Waals surface area contributed by atoms with Crippen LogP contribution in [0.1, 0.15) is 31.7 Å². The highest BCUT2D eigenvalue weighted by atomic mass is 32.2. The minimum atomic E-state index is -3.07. The molecule has 0 saturated carbocycles. The molecule has 1 fully saturated rings. The van der Waals surface area contributed by atoms with E-state index in [-0.39, 0.29) is 17.9 Å². The average Bonchev–Trinajstić information content (AvgIpc) is 2.90. The fourth-order valence-electron chi connectivity index (χ4n) is 2.65. The molecule has 144 valence electrons. The van der Waals surface area contributed by atoms with Crippen LogP contribution in [-0.2, 0) is 24.2 Å². The number of sulfone groups is 1. The third-order valence-electron chi connectivity index (χ3n) is 4.04. The number of carbonyl (C=O) groups is 2. The number of hydrogen-bond donors (Lipinski definition) is 1. The zero-order valence-electron chi connectivity index (χ0n) is 15.1. The van der Waals surface area contributed by atoms with Crippen LogP contribution in [0.4, 0.5) is 0 Å². The lowest BCUT2D eigenvalue weighted by Gasteiger charge is -2.16. The Morgan fingerprint density at radius 3 is 2.77 bits per heavy atom. The molecule has 0 bridgehead atoms. The Morgan fingerprint density at radius 1 is 1.35 bits per heavy atom. The van der Waals surface area contributed by atoms with Crippen molar-refractivity contribution >= 4 is 21.7 Å². The van der Waals surface area contributed by atoms with Gasteiger partial charge in [-0.15, -0.1) is 0 Å². The summed E-state index contributed by atoms with van der Waals surface area (Å²) in [4.78, 5) is 23.8. The fourth-order valence-corrected chi connectivity index (χ4v) is 4.32. The van der Waals surface area contributed by atoms with E-state index in [1.165, 1.54) is 6.92 Å². The van der Waals surface area contributed by atoms with E-state index in [1.54, 1.807) is 0 Å². The highest BCUT2D eigenvalue weighted by Crippen LogP contribution is 2.13. The van der Waals surface area contributed by atoms with Gasteiger partial charge in [0.25, 0.3) is 5.91 Å². The summed E-state index contributed by atoms with van der Waals surface area (Å²) in [7, 11) is -3.07. The number of nitrogens with one attached hydrogen (secondary N) is 1. The van der Waals surface area contributed by atoms with Crippen LogP contribution in [0.5, 0.6) is 5.75 Å². The van der Waals surface area contributed by atoms with Gasteiger partial charge >= 0.3 is 5.97 Å². The summed E-state index contributed by atoms with van der Waals surface area (Å²) in [6.07, 6.45) is 0.0531. The molecule has 1 aromatic carbocycles. The largest absolute Gasteiger partial charge is 0.494 e. The Kier molecular flexibility index (Phi) is 7.02. The number of rotatable bonds is 8. The molecular formula is C18H25NO6S. The van der Waals surface area contributed by atoms with Gasteiger partial charge in [0.2, 0.25) is 0 Å². The number of hydrogen-bond acceptors (Lipinski definition) is 6. The molecule has 1 aliphatic rings. The van der Waals surface area contributed by atoms with Crippen molar-refractivity contribution in [2.75, 3.05) is 18.1 Å². The Morgan fingerprint density at radius 2 is 2.12 bits per heavy atom. The van der Waals surface area contributed by atoms with Gasteiger partial charge in [-0.25, -0.2) is 8.42 Å². The molecular weight excluding hydrogens is 358 g/mol. The van der Waals surface area contributed by atoms with Crippen LogP contribution < -0.4 is 10.1 Å². The number of aryl methyl sites for hydroxylation is 1. The molecule has 1 aromatic rings. The Hall–Kier alpha value is -2.09. The van der Waals surface area contributed by atoms with E-state index < -0.39 is 33.9 Å². The van der Waals surface area contributed by atoms with Crippen molar-refractivity contribution in [1.82, 2.24) is 5.32 Å². The smallest absolute Gasteiger partial charge is 0.306 e. The van der Waals surface area contributed by atoms with Gasteiger partial charge in [0.05, 0.1) is 18.1 Å². The van der Waals surface area contributed by atoms with Gasteiger partial charge in [-0.1, -0.05) is 12.1 Å². The molecule has 0 spiro atoms. The monoisotopic (exact) mass is 383 g/mol. The van der Waals surface area contributed by atoms with Gasteiger partial charge in [-0.05, 0) is 44.4 Å². The van der Waals surface area contributed by atoms with E-state index in [4.69, 9.17) is 9.47 Å². The maximum absolute atomic E-state index is 12.0. The van der Waals surface area contributed by atoms with E-state index in [1.807, 2.05) is 31.2 Å². The number of carbonyl (C=O) groups excluding carboxylic acids is 2. The van der Waals surface area contributed by atoms with Gasteiger partial charge in [0.15, 0.2) is 15.9 Å². The molecule has 0 aromatic heterocycles. The lowest BCUT2D eigenvalue weighted by molar-refractivity contribution is -0.155. The Bertz CT molecular complexity index is 746. The van der Waals surface area contributed by atoms with Gasteiger partial charge in [0, 0.05) is 12.5 Å². The minimum absolute atomic E-state index is 0.0598. The minimum Gasteiger partial charge on any atom is -0.494 e. The van der Waals surface area contributed by atoms with Crippen LogP contribution in [0.25, 0.3) is 0 Å². The first-order chi connectivity index (χ1) is 12.2. The molecule has 1 aliphatic heterocycles. The van der Waals surface area contributed by atoms with Gasteiger partial charge in [-0.3, -0.25) is 9.59 Å². The predicted molar refractivity (Wildman–Crippen MR) is 96.7 cm³/mol. The van der Waals surface area contributed by atoms with Crippen molar-refractivity contribution < 1.29 is 27.5 Å². The van der Waals surface area contributed by atoms with Crippen molar-refractivity contribution in [1.29, 1.82) is 0 Å². The van der Waals surface area contributed by atoms with E-state index in [2.05, 4.69) is 5.32 Å². The second-order valence-corrected chi connectivity index (χ2v) is 8.74. The third kappa shape index (κ3) is 6.67. The van der Waals surface area contributed by atoms with Crippen molar-refractivity contribution in [3.63, 3.8) is 0 Å². The number of amides is 1. The first kappa shape index (κ1) is 20.2. The summed E-state index contributed by atoms with van der Waals surface area (Å²) in [6, 6.07) is 7.22. The number of esters is 1. The molecule has 2 atom stereocenters. The zero-order chi connectivity index (χ0) is 19.2. The molecule has 8 heteroatoms. The van der Waals surface area contributed by atoms with E-state index in [0.29, 0.717) is 19.4 Å². The normalized spacial score (nSPS) is 19.5. The summed E-state index contributed by atoms with van der Waals surface area (Å²) in [6.45, 7) is 3.82. The molecule has 2 rings (SSSR count). The van der Waals surface area contributed by atoms with E-state index in [0.717, 1.165) is 11.3 Å². The molecule has 26 heavy (non-hydrogen) atoms. The first-order valence-electron chi connectivity index (χ1n) is 8.65. The summed E-state index contributed by atoms with van der Waals surface area (Å²) < 4.78 is 33.4. The maximum atomic E-state index is 12.0. The third-order valence-corrected chi connectivity index (χ3v) is 5.81. The maximum Gasteiger partial charge on any atom is 0.306 e. The Balaban J connectivity index is 1.64. The van der Waals surface area contributed by atoms with Gasteiger partial charge < -0.3 is 14.8 Å². The second-order valence-electron chi connectivity index (χ2n) is 6.51. The summed E-state index contributed by atoms with van der Waals surface area (Å²) in [5, 5.41) is 2.61. The van der Waals surface area contributed by atoms with Crippen molar-refractivity contribution in [3.05, 3.63) is 29.8 Å². The molecule has 0 radical (unpaired) electrons. The molecule has 0 aliphatic carbocycles.